The SMILES string of the molecule is CC=O.CCO[C@H]1CCNC1. The van der Waals surface area contributed by atoms with Gasteiger partial charge >= 0.3 is 0 Å². The molecule has 11 heavy (non-hydrogen) atoms. The second-order valence-electron chi connectivity index (χ2n) is 2.31. The first-order valence-electron chi connectivity index (χ1n) is 4.07. The van der Waals surface area contributed by atoms with E-state index >= 15 is 0 Å². The Balaban J connectivity index is 0.000000292. The van der Waals surface area contributed by atoms with E-state index in [9.17, 15) is 0 Å². The molecule has 1 fully saturated rings. The average Bonchev–Trinajstić information content (AvgIpc) is 2.42. The van der Waals surface area contributed by atoms with Gasteiger partial charge in [-0.15, -0.1) is 0 Å². The van der Waals surface area contributed by atoms with Gasteiger partial charge in [-0.2, -0.15) is 0 Å². The molecule has 0 aromatic rings. The van der Waals surface area contributed by atoms with Crippen LogP contribution in [-0.4, -0.2) is 32.1 Å². The predicted octanol–water partition coefficient (Wildman–Crippen LogP) is 0.590. The Bertz CT molecular complexity index is 90.1. The van der Waals surface area contributed by atoms with Gasteiger partial charge in [0.25, 0.3) is 0 Å². The van der Waals surface area contributed by atoms with Crippen LogP contribution >= 0.6 is 0 Å². The van der Waals surface area contributed by atoms with Crippen LogP contribution in [0.2, 0.25) is 0 Å². The minimum Gasteiger partial charge on any atom is -0.377 e. The van der Waals surface area contributed by atoms with Crippen LogP contribution in [-0.2, 0) is 9.53 Å². The molecule has 1 heterocycles. The molecule has 1 aliphatic rings. The van der Waals surface area contributed by atoms with Crippen molar-refractivity contribution in [1.29, 1.82) is 0 Å². The Morgan fingerprint density at radius 3 is 2.73 bits per heavy atom. The summed E-state index contributed by atoms with van der Waals surface area (Å²) < 4.78 is 5.34. The van der Waals surface area contributed by atoms with E-state index in [1.54, 1.807) is 0 Å². The molecule has 1 aliphatic heterocycles. The van der Waals surface area contributed by atoms with Gasteiger partial charge in [-0.25, -0.2) is 0 Å². The van der Waals surface area contributed by atoms with Crippen molar-refractivity contribution in [2.24, 2.45) is 0 Å². The third-order valence-electron chi connectivity index (χ3n) is 1.42. The van der Waals surface area contributed by atoms with E-state index in [2.05, 4.69) is 5.32 Å². The fourth-order valence-electron chi connectivity index (χ4n) is 1.01. The van der Waals surface area contributed by atoms with Gasteiger partial charge in [0.2, 0.25) is 0 Å². The lowest BCUT2D eigenvalue weighted by molar-refractivity contribution is -0.106. The van der Waals surface area contributed by atoms with E-state index in [1.165, 1.54) is 13.3 Å². The second-order valence-corrected chi connectivity index (χ2v) is 2.31. The third kappa shape index (κ3) is 6.01. The Labute approximate surface area is 68.1 Å². The van der Waals surface area contributed by atoms with E-state index in [0.717, 1.165) is 26.0 Å². The highest BCUT2D eigenvalue weighted by molar-refractivity contribution is 5.44. The molecule has 0 saturated carbocycles. The Kier molecular flexibility index (Phi) is 7.41. The zero-order valence-corrected chi connectivity index (χ0v) is 7.30. The monoisotopic (exact) mass is 159 g/mol. The maximum absolute atomic E-state index is 8.81. The number of nitrogens with one attached hydrogen (secondary N) is 1. The zero-order valence-electron chi connectivity index (χ0n) is 7.30. The zero-order chi connectivity index (χ0) is 8.53. The van der Waals surface area contributed by atoms with Crippen LogP contribution in [0.1, 0.15) is 20.3 Å². The lowest BCUT2D eigenvalue weighted by Crippen LogP contribution is -2.16. The molecule has 1 saturated heterocycles. The number of hydrogen-bond donors (Lipinski definition) is 1. The molecule has 0 aromatic heterocycles. The van der Waals surface area contributed by atoms with Crippen LogP contribution in [0.15, 0.2) is 0 Å². The van der Waals surface area contributed by atoms with Gasteiger partial charge < -0.3 is 14.8 Å². The Morgan fingerprint density at radius 2 is 2.36 bits per heavy atom. The number of rotatable bonds is 2. The minimum absolute atomic E-state index is 0.500. The van der Waals surface area contributed by atoms with Crippen molar-refractivity contribution in [2.75, 3.05) is 19.7 Å². The van der Waals surface area contributed by atoms with E-state index in [-0.39, 0.29) is 0 Å². The molecule has 1 atom stereocenters. The molecule has 0 amide bonds. The van der Waals surface area contributed by atoms with Crippen molar-refractivity contribution >= 4 is 6.29 Å². The predicted molar refractivity (Wildman–Crippen MR) is 44.6 cm³/mol. The Morgan fingerprint density at radius 1 is 1.73 bits per heavy atom. The van der Waals surface area contributed by atoms with Crippen LogP contribution in [0.4, 0.5) is 0 Å². The summed E-state index contributed by atoms with van der Waals surface area (Å²) in [5, 5.41) is 3.23. The molecule has 1 N–H and O–H groups in total. The second kappa shape index (κ2) is 7.69. The van der Waals surface area contributed by atoms with Crippen LogP contribution in [0.25, 0.3) is 0 Å². The van der Waals surface area contributed by atoms with Gasteiger partial charge in [-0.05, 0) is 26.8 Å². The van der Waals surface area contributed by atoms with Gasteiger partial charge in [0, 0.05) is 13.2 Å². The Hall–Kier alpha value is -0.410. The van der Waals surface area contributed by atoms with Crippen molar-refractivity contribution in [3.05, 3.63) is 0 Å². The summed E-state index contributed by atoms with van der Waals surface area (Å²) in [6.07, 6.45) is 2.44. The molecule has 1 rings (SSSR count). The first-order valence-corrected chi connectivity index (χ1v) is 4.07. The van der Waals surface area contributed by atoms with Gasteiger partial charge in [-0.3, -0.25) is 0 Å². The van der Waals surface area contributed by atoms with Gasteiger partial charge in [0.05, 0.1) is 6.10 Å². The molecule has 0 aromatic carbocycles. The van der Waals surface area contributed by atoms with Crippen molar-refractivity contribution in [3.63, 3.8) is 0 Å². The number of aldehydes is 1. The third-order valence-corrected chi connectivity index (χ3v) is 1.42. The average molecular weight is 159 g/mol. The molecule has 3 heteroatoms. The summed E-state index contributed by atoms with van der Waals surface area (Å²) in [5.41, 5.74) is 0. The summed E-state index contributed by atoms with van der Waals surface area (Å²) in [6, 6.07) is 0. The number of ether oxygens (including phenoxy) is 1. The van der Waals surface area contributed by atoms with Gasteiger partial charge in [-0.1, -0.05) is 0 Å². The summed E-state index contributed by atoms with van der Waals surface area (Å²) in [6.45, 7) is 6.52. The molecular formula is C8H17NO2. The van der Waals surface area contributed by atoms with Crippen LogP contribution in [0.3, 0.4) is 0 Å². The standard InChI is InChI=1S/C6H13NO.C2H4O/c1-2-8-6-3-4-7-5-6;1-2-3/h6-7H,2-5H2,1H3;2H,1H3/t6-;/m0./s1. The highest BCUT2D eigenvalue weighted by Gasteiger charge is 2.12. The molecule has 66 valence electrons. The van der Waals surface area contributed by atoms with E-state index in [1.807, 2.05) is 6.92 Å². The molecule has 0 aliphatic carbocycles. The number of hydrogen-bond acceptors (Lipinski definition) is 3. The van der Waals surface area contributed by atoms with Crippen molar-refractivity contribution in [2.45, 2.75) is 26.4 Å². The summed E-state index contributed by atoms with van der Waals surface area (Å²) in [5.74, 6) is 0. The molecule has 0 radical (unpaired) electrons. The highest BCUT2D eigenvalue weighted by atomic mass is 16.5. The first kappa shape index (κ1) is 10.6. The topological polar surface area (TPSA) is 38.3 Å². The lowest BCUT2D eigenvalue weighted by Gasteiger charge is -2.05. The highest BCUT2D eigenvalue weighted by Crippen LogP contribution is 2.01. The fraction of sp³-hybridized carbons (Fsp3) is 0.875. The van der Waals surface area contributed by atoms with Crippen LogP contribution in [0, 0.1) is 0 Å². The van der Waals surface area contributed by atoms with Crippen LogP contribution in [0.5, 0.6) is 0 Å². The summed E-state index contributed by atoms with van der Waals surface area (Å²) >= 11 is 0. The van der Waals surface area contributed by atoms with E-state index in [4.69, 9.17) is 9.53 Å². The molecule has 0 bridgehead atoms. The van der Waals surface area contributed by atoms with Gasteiger partial charge in [0.15, 0.2) is 0 Å². The molecule has 0 unspecified atom stereocenters. The maximum atomic E-state index is 8.81. The van der Waals surface area contributed by atoms with E-state index < -0.39 is 0 Å². The van der Waals surface area contributed by atoms with Crippen molar-refractivity contribution in [1.82, 2.24) is 5.32 Å². The van der Waals surface area contributed by atoms with Crippen molar-refractivity contribution in [3.8, 4) is 0 Å². The largest absolute Gasteiger partial charge is 0.377 e. The maximum Gasteiger partial charge on any atom is 0.116 e. The molecular weight excluding hydrogens is 142 g/mol. The number of carbonyl (C=O) groups is 1. The van der Waals surface area contributed by atoms with Crippen LogP contribution < -0.4 is 5.32 Å². The lowest BCUT2D eigenvalue weighted by atomic mass is 10.3. The quantitative estimate of drug-likeness (QED) is 0.599. The van der Waals surface area contributed by atoms with Gasteiger partial charge in [0.1, 0.15) is 6.29 Å². The summed E-state index contributed by atoms with van der Waals surface area (Å²) in [4.78, 5) is 8.81. The normalized spacial score (nSPS) is 22.2. The van der Waals surface area contributed by atoms with Crippen molar-refractivity contribution < 1.29 is 9.53 Å². The number of carbonyl (C=O) groups excluding carboxylic acids is 1. The first-order chi connectivity index (χ1) is 5.35. The fourth-order valence-corrected chi connectivity index (χ4v) is 1.01. The molecule has 3 nitrogen and oxygen atoms in total. The molecule has 0 spiro atoms. The smallest absolute Gasteiger partial charge is 0.116 e. The summed E-state index contributed by atoms with van der Waals surface area (Å²) in [7, 11) is 0. The minimum atomic E-state index is 0.500. The van der Waals surface area contributed by atoms with E-state index in [0.29, 0.717) is 6.10 Å².